The Bertz CT molecular complexity index is 1660. The van der Waals surface area contributed by atoms with E-state index in [1.54, 1.807) is 38.1 Å². The molecule has 210 valence electrons. The Kier molecular flexibility index (Phi) is 9.26. The number of para-hydroxylation sites is 1. The van der Waals surface area contributed by atoms with E-state index >= 15 is 0 Å². The number of nitrogens with zero attached hydrogens (tertiary/aromatic N) is 2. The van der Waals surface area contributed by atoms with E-state index in [1.165, 1.54) is 23.0 Å². The smallest absolute Gasteiger partial charge is 0.343 e. The predicted octanol–water partition coefficient (Wildman–Crippen LogP) is 3.90. The van der Waals surface area contributed by atoms with Gasteiger partial charge in [0, 0.05) is 5.56 Å². The van der Waals surface area contributed by atoms with Crippen LogP contribution in [0, 0.1) is 0 Å². The van der Waals surface area contributed by atoms with Crippen LogP contribution < -0.4 is 24.4 Å². The number of thiazole rings is 1. The lowest BCUT2D eigenvalue weighted by atomic mass is 9.95. The topological polar surface area (TPSA) is 105 Å². The summed E-state index contributed by atoms with van der Waals surface area (Å²) in [7, 11) is 1.29. The summed E-state index contributed by atoms with van der Waals surface area (Å²) in [6, 6.07) is 11.8. The molecule has 1 aliphatic rings. The van der Waals surface area contributed by atoms with E-state index in [9.17, 15) is 14.4 Å². The Morgan fingerprint density at radius 2 is 1.93 bits per heavy atom. The highest BCUT2D eigenvalue weighted by Crippen LogP contribution is 2.36. The summed E-state index contributed by atoms with van der Waals surface area (Å²) in [6.45, 7) is 7.27. The predicted molar refractivity (Wildman–Crippen MR) is 154 cm³/mol. The summed E-state index contributed by atoms with van der Waals surface area (Å²) in [6.07, 6.45) is 1.63. The molecule has 0 fully saturated rings. The van der Waals surface area contributed by atoms with Crippen molar-refractivity contribution < 1.29 is 28.5 Å². The van der Waals surface area contributed by atoms with E-state index in [4.69, 9.17) is 14.2 Å². The van der Waals surface area contributed by atoms with E-state index < -0.39 is 18.0 Å². The highest BCUT2D eigenvalue weighted by Gasteiger charge is 2.35. The van der Waals surface area contributed by atoms with Crippen molar-refractivity contribution in [3.05, 3.63) is 89.0 Å². The van der Waals surface area contributed by atoms with Crippen molar-refractivity contribution in [2.45, 2.75) is 39.8 Å². The molecule has 0 amide bonds. The number of carbonyl (C=O) groups excluding carboxylic acids is 2. The lowest BCUT2D eigenvalue weighted by Crippen LogP contribution is -2.40. The Morgan fingerprint density at radius 3 is 2.60 bits per heavy atom. The highest BCUT2D eigenvalue weighted by molar-refractivity contribution is 9.10. The van der Waals surface area contributed by atoms with Crippen LogP contribution in [0.1, 0.15) is 44.9 Å². The normalized spacial score (nSPS) is 15.0. The first-order valence-corrected chi connectivity index (χ1v) is 14.2. The lowest BCUT2D eigenvalue weighted by Gasteiger charge is -2.26. The zero-order chi connectivity index (χ0) is 29.0. The quantitative estimate of drug-likeness (QED) is 0.331. The summed E-state index contributed by atoms with van der Waals surface area (Å²) < 4.78 is 24.1. The molecular formula is C29H29BrN2O7S. The number of aromatic nitrogens is 1. The molecule has 4 rings (SSSR count). The standard InChI is InChI=1S/C29H29BrN2O7S/c1-6-37-28(35)25-17(4)31-29-32(26(25)19-9-7-8-10-21(19)39-16(2)3)27(34)23(40-29)14-18-11-12-22(20(30)13-18)38-15-24(33)36-5/h7-14,16,26H,6,15H2,1-5H3/b23-14+/t26-/m0/s1. The Hall–Kier alpha value is -3.70. The fourth-order valence-corrected chi connectivity index (χ4v) is 5.78. The molecule has 3 aromatic rings. The third kappa shape index (κ3) is 6.20. The van der Waals surface area contributed by atoms with Crippen LogP contribution in [0.2, 0.25) is 0 Å². The summed E-state index contributed by atoms with van der Waals surface area (Å²) in [4.78, 5) is 43.6. The Labute approximate surface area is 243 Å². The van der Waals surface area contributed by atoms with Gasteiger partial charge in [-0.15, -0.1) is 0 Å². The molecule has 0 unspecified atom stereocenters. The van der Waals surface area contributed by atoms with Gasteiger partial charge in [-0.05, 0) is 73.5 Å². The van der Waals surface area contributed by atoms with E-state index in [-0.39, 0.29) is 30.5 Å². The number of methoxy groups -OCH3 is 1. The first-order valence-electron chi connectivity index (χ1n) is 12.6. The zero-order valence-electron chi connectivity index (χ0n) is 22.7. The molecular weight excluding hydrogens is 600 g/mol. The van der Waals surface area contributed by atoms with Gasteiger partial charge in [-0.25, -0.2) is 14.6 Å². The number of hydrogen-bond donors (Lipinski definition) is 0. The minimum Gasteiger partial charge on any atom is -0.491 e. The molecule has 1 aliphatic heterocycles. The second-order valence-electron chi connectivity index (χ2n) is 9.06. The number of carbonyl (C=O) groups is 2. The van der Waals surface area contributed by atoms with Crippen LogP contribution in [0.3, 0.4) is 0 Å². The number of rotatable bonds is 9. The molecule has 1 atom stereocenters. The van der Waals surface area contributed by atoms with Crippen molar-refractivity contribution in [1.29, 1.82) is 0 Å². The van der Waals surface area contributed by atoms with Gasteiger partial charge in [-0.3, -0.25) is 9.36 Å². The largest absolute Gasteiger partial charge is 0.491 e. The van der Waals surface area contributed by atoms with Gasteiger partial charge in [0.25, 0.3) is 5.56 Å². The molecule has 1 aromatic heterocycles. The van der Waals surface area contributed by atoms with Crippen LogP contribution in [-0.2, 0) is 19.1 Å². The minimum absolute atomic E-state index is 0.119. The third-order valence-corrected chi connectivity index (χ3v) is 7.52. The van der Waals surface area contributed by atoms with Crippen molar-refractivity contribution in [3.8, 4) is 11.5 Å². The first-order chi connectivity index (χ1) is 19.1. The lowest BCUT2D eigenvalue weighted by molar-refractivity contribution is -0.143. The van der Waals surface area contributed by atoms with Gasteiger partial charge in [0.2, 0.25) is 0 Å². The third-order valence-electron chi connectivity index (χ3n) is 5.92. The van der Waals surface area contributed by atoms with E-state index in [0.717, 1.165) is 5.56 Å². The average molecular weight is 630 g/mol. The maximum Gasteiger partial charge on any atom is 0.343 e. The van der Waals surface area contributed by atoms with Crippen molar-refractivity contribution in [2.75, 3.05) is 20.3 Å². The molecule has 11 heteroatoms. The number of benzene rings is 2. The van der Waals surface area contributed by atoms with Gasteiger partial charge in [-0.2, -0.15) is 0 Å². The molecule has 0 saturated carbocycles. The number of allylic oxidation sites excluding steroid dienone is 1. The molecule has 0 aliphatic carbocycles. The van der Waals surface area contributed by atoms with E-state index in [2.05, 4.69) is 25.7 Å². The molecule has 40 heavy (non-hydrogen) atoms. The van der Waals surface area contributed by atoms with Gasteiger partial charge in [0.1, 0.15) is 17.5 Å². The summed E-state index contributed by atoms with van der Waals surface area (Å²) in [5.41, 5.74) is 1.85. The molecule has 0 N–H and O–H groups in total. The van der Waals surface area contributed by atoms with Crippen molar-refractivity contribution in [1.82, 2.24) is 4.57 Å². The van der Waals surface area contributed by atoms with Crippen LogP contribution in [0.25, 0.3) is 6.08 Å². The van der Waals surface area contributed by atoms with Crippen LogP contribution in [0.5, 0.6) is 11.5 Å². The summed E-state index contributed by atoms with van der Waals surface area (Å²) in [5, 5.41) is 0. The Morgan fingerprint density at radius 1 is 1.18 bits per heavy atom. The van der Waals surface area contributed by atoms with E-state index in [0.29, 0.717) is 36.6 Å². The SMILES string of the molecule is CCOC(=O)C1=C(C)N=c2s/c(=C/c3ccc(OCC(=O)OC)c(Br)c3)c(=O)n2[C@H]1c1ccccc1OC(C)C. The second-order valence-corrected chi connectivity index (χ2v) is 10.9. The first kappa shape index (κ1) is 29.3. The number of ether oxygens (including phenoxy) is 4. The van der Waals surface area contributed by atoms with Crippen molar-refractivity contribution in [2.24, 2.45) is 4.99 Å². The fourth-order valence-electron chi connectivity index (χ4n) is 4.22. The highest BCUT2D eigenvalue weighted by atomic mass is 79.9. The molecule has 2 heterocycles. The molecule has 9 nitrogen and oxygen atoms in total. The van der Waals surface area contributed by atoms with Crippen LogP contribution in [0.4, 0.5) is 0 Å². The zero-order valence-corrected chi connectivity index (χ0v) is 25.1. The number of halogens is 1. The minimum atomic E-state index is -0.784. The van der Waals surface area contributed by atoms with Gasteiger partial charge in [0.15, 0.2) is 11.4 Å². The van der Waals surface area contributed by atoms with Gasteiger partial charge in [0.05, 0.1) is 40.1 Å². The average Bonchev–Trinajstić information content (AvgIpc) is 3.21. The van der Waals surface area contributed by atoms with Crippen LogP contribution >= 0.6 is 27.3 Å². The number of hydrogen-bond acceptors (Lipinski definition) is 9. The van der Waals surface area contributed by atoms with Gasteiger partial charge >= 0.3 is 11.9 Å². The molecule has 2 aromatic carbocycles. The van der Waals surface area contributed by atoms with Crippen LogP contribution in [-0.4, -0.2) is 42.9 Å². The maximum atomic E-state index is 13.9. The second kappa shape index (κ2) is 12.6. The van der Waals surface area contributed by atoms with Gasteiger partial charge < -0.3 is 18.9 Å². The molecule has 0 bridgehead atoms. The van der Waals surface area contributed by atoms with Crippen molar-refractivity contribution >= 4 is 45.3 Å². The molecule has 0 saturated heterocycles. The monoisotopic (exact) mass is 628 g/mol. The van der Waals surface area contributed by atoms with Gasteiger partial charge in [-0.1, -0.05) is 35.6 Å². The number of fused-ring (bicyclic) bond motifs is 1. The van der Waals surface area contributed by atoms with Crippen LogP contribution in [0.15, 0.2) is 68.0 Å². The number of esters is 2. The fraction of sp³-hybridized carbons (Fsp3) is 0.310. The Balaban J connectivity index is 1.85. The molecule has 0 spiro atoms. The van der Waals surface area contributed by atoms with Crippen molar-refractivity contribution in [3.63, 3.8) is 0 Å². The maximum absolute atomic E-state index is 13.9. The molecule has 0 radical (unpaired) electrons. The summed E-state index contributed by atoms with van der Waals surface area (Å²) in [5.74, 6) is -0.00105. The van der Waals surface area contributed by atoms with E-state index in [1.807, 2.05) is 38.1 Å². The summed E-state index contributed by atoms with van der Waals surface area (Å²) >= 11 is 4.68.